The van der Waals surface area contributed by atoms with E-state index in [0.29, 0.717) is 11.8 Å². The molecule has 0 saturated heterocycles. The maximum absolute atomic E-state index is 14.0. The number of nitrogens with zero attached hydrogens (tertiary/aromatic N) is 1. The third kappa shape index (κ3) is 3.75. The van der Waals surface area contributed by atoms with Crippen molar-refractivity contribution >= 4 is 0 Å². The van der Waals surface area contributed by atoms with Crippen LogP contribution in [0.15, 0.2) is 18.3 Å². The standard InChI is InChI=1S/C20H31F2N/c1-12(2)16-8-7-11-23-19(16)15(6)10-9-14(5)18-17(13(3)4)20(18,21)22/h7-8,11-15,17-18H,9-10H2,1-6H3. The van der Waals surface area contributed by atoms with Gasteiger partial charge in [-0.05, 0) is 48.1 Å². The maximum atomic E-state index is 14.0. The third-order valence-corrected chi connectivity index (χ3v) is 5.51. The van der Waals surface area contributed by atoms with Gasteiger partial charge in [-0.1, -0.05) is 47.6 Å². The first-order chi connectivity index (χ1) is 10.7. The van der Waals surface area contributed by atoms with Crippen LogP contribution in [-0.2, 0) is 0 Å². The van der Waals surface area contributed by atoms with E-state index in [1.165, 1.54) is 5.56 Å². The van der Waals surface area contributed by atoms with E-state index < -0.39 is 17.8 Å². The number of aromatic nitrogens is 1. The highest BCUT2D eigenvalue weighted by atomic mass is 19.3. The molecule has 1 aliphatic carbocycles. The number of rotatable bonds is 7. The normalized spacial score (nSPS) is 25.7. The summed E-state index contributed by atoms with van der Waals surface area (Å²) >= 11 is 0. The lowest BCUT2D eigenvalue weighted by Crippen LogP contribution is -2.09. The average molecular weight is 323 g/mol. The minimum Gasteiger partial charge on any atom is -0.261 e. The molecule has 2 rings (SSSR count). The molecule has 1 fully saturated rings. The largest absolute Gasteiger partial charge is 0.261 e. The number of alkyl halides is 2. The zero-order valence-electron chi connectivity index (χ0n) is 15.3. The van der Waals surface area contributed by atoms with Gasteiger partial charge in [-0.25, -0.2) is 8.78 Å². The van der Waals surface area contributed by atoms with Gasteiger partial charge in [-0.3, -0.25) is 4.98 Å². The molecule has 1 nitrogen and oxygen atoms in total. The molecule has 0 radical (unpaired) electrons. The molecule has 4 atom stereocenters. The van der Waals surface area contributed by atoms with E-state index in [2.05, 4.69) is 31.8 Å². The second-order valence-corrected chi connectivity index (χ2v) is 8.06. The number of pyridine rings is 1. The van der Waals surface area contributed by atoms with Crippen molar-refractivity contribution in [3.05, 3.63) is 29.6 Å². The minimum absolute atomic E-state index is 0.0678. The molecule has 130 valence electrons. The molecule has 1 aliphatic rings. The minimum atomic E-state index is -2.45. The average Bonchev–Trinajstić information content (AvgIpc) is 3.07. The highest BCUT2D eigenvalue weighted by Crippen LogP contribution is 2.62. The predicted octanol–water partition coefficient (Wildman–Crippen LogP) is 6.26. The van der Waals surface area contributed by atoms with Gasteiger partial charge in [0.05, 0.1) is 0 Å². The summed E-state index contributed by atoms with van der Waals surface area (Å²) in [5.41, 5.74) is 2.42. The van der Waals surface area contributed by atoms with Crippen molar-refractivity contribution in [1.29, 1.82) is 0 Å². The smallest absolute Gasteiger partial charge is 0.255 e. The zero-order chi connectivity index (χ0) is 17.4. The summed E-state index contributed by atoms with van der Waals surface area (Å²) in [7, 11) is 0. The van der Waals surface area contributed by atoms with Gasteiger partial charge in [0.15, 0.2) is 0 Å². The summed E-state index contributed by atoms with van der Waals surface area (Å²) < 4.78 is 27.9. The van der Waals surface area contributed by atoms with E-state index in [4.69, 9.17) is 0 Å². The van der Waals surface area contributed by atoms with Gasteiger partial charge >= 0.3 is 0 Å². The van der Waals surface area contributed by atoms with E-state index in [1.807, 2.05) is 33.0 Å². The van der Waals surface area contributed by atoms with E-state index >= 15 is 0 Å². The van der Waals surface area contributed by atoms with Crippen molar-refractivity contribution in [2.45, 2.75) is 72.1 Å². The van der Waals surface area contributed by atoms with Crippen LogP contribution >= 0.6 is 0 Å². The van der Waals surface area contributed by atoms with Crippen molar-refractivity contribution in [2.75, 3.05) is 0 Å². The van der Waals surface area contributed by atoms with Crippen LogP contribution in [0.2, 0.25) is 0 Å². The lowest BCUT2D eigenvalue weighted by Gasteiger charge is -2.19. The Balaban J connectivity index is 1.97. The summed E-state index contributed by atoms with van der Waals surface area (Å²) in [6.07, 6.45) is 3.61. The van der Waals surface area contributed by atoms with Crippen LogP contribution in [0.3, 0.4) is 0 Å². The first-order valence-corrected chi connectivity index (χ1v) is 9.00. The fourth-order valence-corrected chi connectivity index (χ4v) is 4.13. The Morgan fingerprint density at radius 2 is 1.70 bits per heavy atom. The molecule has 0 spiro atoms. The monoisotopic (exact) mass is 323 g/mol. The molecule has 1 heterocycles. The van der Waals surface area contributed by atoms with Crippen LogP contribution in [0.4, 0.5) is 8.78 Å². The zero-order valence-corrected chi connectivity index (χ0v) is 15.3. The molecule has 1 aromatic heterocycles. The van der Waals surface area contributed by atoms with Crippen LogP contribution in [0, 0.1) is 23.7 Å². The Bertz CT molecular complexity index is 524. The van der Waals surface area contributed by atoms with Crippen LogP contribution in [0.1, 0.15) is 77.5 Å². The maximum Gasteiger partial charge on any atom is 0.255 e. The van der Waals surface area contributed by atoms with Gasteiger partial charge in [0.25, 0.3) is 5.92 Å². The van der Waals surface area contributed by atoms with Crippen LogP contribution in [-0.4, -0.2) is 10.9 Å². The number of hydrogen-bond donors (Lipinski definition) is 0. The molecule has 0 aliphatic heterocycles. The molecule has 0 aromatic carbocycles. The van der Waals surface area contributed by atoms with Gasteiger partial charge in [0.2, 0.25) is 0 Å². The van der Waals surface area contributed by atoms with Gasteiger partial charge in [-0.15, -0.1) is 0 Å². The molecule has 0 N–H and O–H groups in total. The van der Waals surface area contributed by atoms with Crippen LogP contribution < -0.4 is 0 Å². The van der Waals surface area contributed by atoms with Crippen LogP contribution in [0.5, 0.6) is 0 Å². The Morgan fingerprint density at radius 1 is 1.04 bits per heavy atom. The van der Waals surface area contributed by atoms with E-state index in [9.17, 15) is 8.78 Å². The lowest BCUT2D eigenvalue weighted by atomic mass is 9.87. The SMILES string of the molecule is CC(C)c1cccnc1C(C)CCC(C)C1C(C(C)C)C1(F)F. The van der Waals surface area contributed by atoms with Crippen molar-refractivity contribution in [2.24, 2.45) is 23.7 Å². The topological polar surface area (TPSA) is 12.9 Å². The molecular weight excluding hydrogens is 292 g/mol. The van der Waals surface area contributed by atoms with Gasteiger partial charge < -0.3 is 0 Å². The van der Waals surface area contributed by atoms with Crippen molar-refractivity contribution in [3.63, 3.8) is 0 Å². The van der Waals surface area contributed by atoms with Gasteiger partial charge in [0, 0.05) is 23.7 Å². The fraction of sp³-hybridized carbons (Fsp3) is 0.750. The van der Waals surface area contributed by atoms with E-state index in [1.54, 1.807) is 0 Å². The lowest BCUT2D eigenvalue weighted by molar-refractivity contribution is 0.0683. The van der Waals surface area contributed by atoms with Gasteiger partial charge in [0.1, 0.15) is 0 Å². The summed E-state index contributed by atoms with van der Waals surface area (Å²) in [4.78, 5) is 4.56. The Hall–Kier alpha value is -0.990. The van der Waals surface area contributed by atoms with Crippen molar-refractivity contribution in [3.8, 4) is 0 Å². The molecule has 23 heavy (non-hydrogen) atoms. The molecule has 3 heteroatoms. The third-order valence-electron chi connectivity index (χ3n) is 5.51. The van der Waals surface area contributed by atoms with Crippen LogP contribution in [0.25, 0.3) is 0 Å². The van der Waals surface area contributed by atoms with Gasteiger partial charge in [-0.2, -0.15) is 0 Å². The van der Waals surface area contributed by atoms with E-state index in [-0.39, 0.29) is 11.8 Å². The summed E-state index contributed by atoms with van der Waals surface area (Å²) in [6, 6.07) is 4.11. The fourth-order valence-electron chi connectivity index (χ4n) is 4.13. The molecule has 0 amide bonds. The predicted molar refractivity (Wildman–Crippen MR) is 91.9 cm³/mol. The number of halogens is 2. The van der Waals surface area contributed by atoms with E-state index in [0.717, 1.165) is 18.5 Å². The number of hydrogen-bond acceptors (Lipinski definition) is 1. The Kier molecular flexibility index (Phi) is 5.48. The molecule has 4 unspecified atom stereocenters. The first-order valence-electron chi connectivity index (χ1n) is 9.00. The Labute approximate surface area is 139 Å². The summed E-state index contributed by atoms with van der Waals surface area (Å²) in [6.45, 7) is 12.3. The molecule has 1 aromatic rings. The molecular formula is C20H31F2N. The first kappa shape index (κ1) is 18.4. The van der Waals surface area contributed by atoms with Crippen molar-refractivity contribution in [1.82, 2.24) is 4.98 Å². The second kappa shape index (κ2) is 6.86. The Morgan fingerprint density at radius 3 is 2.22 bits per heavy atom. The highest BCUT2D eigenvalue weighted by molar-refractivity contribution is 5.25. The quantitative estimate of drug-likeness (QED) is 0.577. The van der Waals surface area contributed by atoms with Crippen molar-refractivity contribution < 1.29 is 8.78 Å². The molecule has 1 saturated carbocycles. The summed E-state index contributed by atoms with van der Waals surface area (Å²) in [5, 5.41) is 0. The summed E-state index contributed by atoms with van der Waals surface area (Å²) in [5.74, 6) is -2.40. The highest BCUT2D eigenvalue weighted by Gasteiger charge is 2.69. The molecule has 0 bridgehead atoms. The second-order valence-electron chi connectivity index (χ2n) is 8.06.